The molecule has 0 fully saturated rings. The van der Waals surface area contributed by atoms with Crippen LogP contribution in [0, 0.1) is 13.8 Å². The molecule has 5 rings (SSSR count). The topological polar surface area (TPSA) is 115 Å². The SMILES string of the molecule is Cc1ccc2[nH]c3cc4c(=O)c5cc(C)c(CNCC(=O)O)cc5[nH]c4cc3c(=O)c2c1. The Hall–Kier alpha value is -3.97. The van der Waals surface area contributed by atoms with Crippen molar-refractivity contribution < 1.29 is 9.90 Å². The molecule has 7 nitrogen and oxygen atoms in total. The van der Waals surface area contributed by atoms with Crippen LogP contribution in [0.25, 0.3) is 43.6 Å². The van der Waals surface area contributed by atoms with Gasteiger partial charge in [-0.25, -0.2) is 0 Å². The Bertz CT molecular complexity index is 1700. The maximum absolute atomic E-state index is 13.3. The summed E-state index contributed by atoms with van der Waals surface area (Å²) in [5.41, 5.74) is 5.19. The summed E-state index contributed by atoms with van der Waals surface area (Å²) in [7, 11) is 0. The summed E-state index contributed by atoms with van der Waals surface area (Å²) in [6.45, 7) is 4.07. The highest BCUT2D eigenvalue weighted by Crippen LogP contribution is 2.23. The molecule has 0 aliphatic rings. The predicted molar refractivity (Wildman–Crippen MR) is 127 cm³/mol. The number of aromatic nitrogens is 2. The molecule has 0 radical (unpaired) electrons. The fraction of sp³-hybridized carbons (Fsp3) is 0.160. The van der Waals surface area contributed by atoms with Crippen molar-refractivity contribution >= 4 is 49.6 Å². The Morgan fingerprint density at radius 2 is 1.38 bits per heavy atom. The minimum Gasteiger partial charge on any atom is -0.480 e. The molecule has 5 aromatic rings. The maximum Gasteiger partial charge on any atom is 0.317 e. The molecule has 160 valence electrons. The number of fused-ring (bicyclic) bond motifs is 4. The first-order valence-corrected chi connectivity index (χ1v) is 10.3. The second-order valence-electron chi connectivity index (χ2n) is 8.22. The van der Waals surface area contributed by atoms with Gasteiger partial charge in [0.05, 0.1) is 23.1 Å². The van der Waals surface area contributed by atoms with Gasteiger partial charge < -0.3 is 20.4 Å². The van der Waals surface area contributed by atoms with Crippen molar-refractivity contribution in [2.45, 2.75) is 20.4 Å². The molecule has 4 N–H and O–H groups in total. The fourth-order valence-electron chi connectivity index (χ4n) is 4.26. The zero-order valence-corrected chi connectivity index (χ0v) is 17.6. The molecule has 0 saturated carbocycles. The summed E-state index contributed by atoms with van der Waals surface area (Å²) in [4.78, 5) is 43.8. The highest BCUT2D eigenvalue weighted by Gasteiger charge is 2.13. The van der Waals surface area contributed by atoms with E-state index < -0.39 is 5.97 Å². The second kappa shape index (κ2) is 7.32. The van der Waals surface area contributed by atoms with Crippen molar-refractivity contribution in [1.82, 2.24) is 15.3 Å². The molecular weight excluding hydrogens is 406 g/mol. The molecule has 0 bridgehead atoms. The number of aliphatic carboxylic acids is 1. The van der Waals surface area contributed by atoms with Crippen LogP contribution in [0.1, 0.15) is 16.7 Å². The van der Waals surface area contributed by atoms with E-state index in [4.69, 9.17) is 5.11 Å². The third kappa shape index (κ3) is 3.23. The second-order valence-corrected chi connectivity index (χ2v) is 8.22. The summed E-state index contributed by atoms with van der Waals surface area (Å²) in [6, 6.07) is 12.8. The van der Waals surface area contributed by atoms with Gasteiger partial charge in [0, 0.05) is 33.6 Å². The zero-order chi connectivity index (χ0) is 22.6. The lowest BCUT2D eigenvalue weighted by molar-refractivity contribution is -0.136. The van der Waals surface area contributed by atoms with Gasteiger partial charge in [0.1, 0.15) is 0 Å². The molecule has 0 saturated heterocycles. The number of H-pyrrole nitrogens is 2. The van der Waals surface area contributed by atoms with Crippen molar-refractivity contribution in [1.29, 1.82) is 0 Å². The van der Waals surface area contributed by atoms with Gasteiger partial charge in [0.15, 0.2) is 10.9 Å². The zero-order valence-electron chi connectivity index (χ0n) is 17.6. The Morgan fingerprint density at radius 3 is 2.03 bits per heavy atom. The van der Waals surface area contributed by atoms with Crippen molar-refractivity contribution in [2.24, 2.45) is 0 Å². The number of carboxylic acids is 1. The standard InChI is InChI=1S/C25H21N3O4/c1-12-3-4-19-15(5-12)24(31)17-9-22-18(8-21(17)27-19)25(32)16-6-13(2)14(7-20(16)28-22)10-26-11-23(29)30/h3-9,26H,10-11H2,1-2H3,(H,27,31)(H,28,32)(H,29,30). The van der Waals surface area contributed by atoms with Gasteiger partial charge in [0.2, 0.25) is 0 Å². The minimum absolute atomic E-state index is 0.0808. The van der Waals surface area contributed by atoms with Gasteiger partial charge in [0.25, 0.3) is 0 Å². The normalized spacial score (nSPS) is 11.7. The quantitative estimate of drug-likeness (QED) is 0.328. The van der Waals surface area contributed by atoms with Gasteiger partial charge >= 0.3 is 5.97 Å². The van der Waals surface area contributed by atoms with E-state index in [0.717, 1.165) is 22.2 Å². The van der Waals surface area contributed by atoms with Gasteiger partial charge in [-0.15, -0.1) is 0 Å². The summed E-state index contributed by atoms with van der Waals surface area (Å²) in [6.07, 6.45) is 0. The van der Waals surface area contributed by atoms with E-state index >= 15 is 0 Å². The number of hydrogen-bond acceptors (Lipinski definition) is 4. The highest BCUT2D eigenvalue weighted by molar-refractivity contribution is 6.02. The molecule has 0 spiro atoms. The van der Waals surface area contributed by atoms with Crippen LogP contribution in [-0.4, -0.2) is 27.6 Å². The summed E-state index contributed by atoms with van der Waals surface area (Å²) in [5.74, 6) is -0.928. The number of nitrogens with one attached hydrogen (secondary N) is 3. The minimum atomic E-state index is -0.928. The van der Waals surface area contributed by atoms with Crippen LogP contribution >= 0.6 is 0 Å². The first kappa shape index (κ1) is 20.0. The molecule has 0 amide bonds. The Morgan fingerprint density at radius 1 is 0.812 bits per heavy atom. The molecule has 0 atom stereocenters. The van der Waals surface area contributed by atoms with E-state index in [1.54, 1.807) is 12.1 Å². The van der Waals surface area contributed by atoms with E-state index in [-0.39, 0.29) is 17.4 Å². The number of aryl methyl sites for hydroxylation is 2. The first-order chi connectivity index (χ1) is 15.3. The van der Waals surface area contributed by atoms with E-state index in [2.05, 4.69) is 15.3 Å². The number of carbonyl (C=O) groups is 1. The third-order valence-electron chi connectivity index (χ3n) is 5.92. The first-order valence-electron chi connectivity index (χ1n) is 10.3. The average Bonchev–Trinajstić information content (AvgIpc) is 2.75. The lowest BCUT2D eigenvalue weighted by Gasteiger charge is -2.11. The Kier molecular flexibility index (Phi) is 4.56. The van der Waals surface area contributed by atoms with Crippen LogP contribution in [0.4, 0.5) is 0 Å². The maximum atomic E-state index is 13.3. The van der Waals surface area contributed by atoms with Crippen LogP contribution in [0.15, 0.2) is 52.1 Å². The van der Waals surface area contributed by atoms with Crippen molar-refractivity contribution in [3.05, 3.63) is 79.6 Å². The van der Waals surface area contributed by atoms with Crippen molar-refractivity contribution in [3.8, 4) is 0 Å². The number of benzene rings is 3. The third-order valence-corrected chi connectivity index (χ3v) is 5.92. The van der Waals surface area contributed by atoms with Gasteiger partial charge in [-0.05, 0) is 61.4 Å². The number of carboxylic acid groups (broad SMARTS) is 1. The van der Waals surface area contributed by atoms with Crippen molar-refractivity contribution in [3.63, 3.8) is 0 Å². The van der Waals surface area contributed by atoms with Crippen LogP contribution < -0.4 is 16.2 Å². The molecule has 0 aliphatic heterocycles. The number of pyridine rings is 2. The predicted octanol–water partition coefficient (Wildman–Crippen LogP) is 3.47. The molecule has 0 aliphatic carbocycles. The average molecular weight is 427 g/mol. The van der Waals surface area contributed by atoms with Gasteiger partial charge in [-0.3, -0.25) is 14.4 Å². The van der Waals surface area contributed by atoms with Crippen LogP contribution in [-0.2, 0) is 11.3 Å². The van der Waals surface area contributed by atoms with E-state index in [9.17, 15) is 14.4 Å². The molecule has 0 unspecified atom stereocenters. The summed E-state index contributed by atoms with van der Waals surface area (Å²) in [5, 5.41) is 13.9. The number of hydrogen-bond donors (Lipinski definition) is 4. The molecule has 3 aromatic carbocycles. The smallest absolute Gasteiger partial charge is 0.317 e. The molecule has 32 heavy (non-hydrogen) atoms. The Balaban J connectivity index is 1.75. The molecule has 2 aromatic heterocycles. The largest absolute Gasteiger partial charge is 0.480 e. The van der Waals surface area contributed by atoms with Gasteiger partial charge in [-0.1, -0.05) is 11.6 Å². The summed E-state index contributed by atoms with van der Waals surface area (Å²) >= 11 is 0. The summed E-state index contributed by atoms with van der Waals surface area (Å²) < 4.78 is 0. The molecule has 7 heteroatoms. The molecule has 2 heterocycles. The van der Waals surface area contributed by atoms with Crippen LogP contribution in [0.3, 0.4) is 0 Å². The van der Waals surface area contributed by atoms with Crippen LogP contribution in [0.5, 0.6) is 0 Å². The number of aromatic amines is 2. The Labute approximate surface area is 181 Å². The van der Waals surface area contributed by atoms with E-state index in [1.807, 2.05) is 44.2 Å². The lowest BCUT2D eigenvalue weighted by atomic mass is 10.0. The lowest BCUT2D eigenvalue weighted by Crippen LogP contribution is -2.22. The number of rotatable bonds is 4. The van der Waals surface area contributed by atoms with E-state index in [0.29, 0.717) is 44.6 Å². The fourth-order valence-corrected chi connectivity index (χ4v) is 4.26. The van der Waals surface area contributed by atoms with Crippen LogP contribution in [0.2, 0.25) is 0 Å². The highest BCUT2D eigenvalue weighted by atomic mass is 16.4. The van der Waals surface area contributed by atoms with E-state index in [1.165, 1.54) is 0 Å². The van der Waals surface area contributed by atoms with Gasteiger partial charge in [-0.2, -0.15) is 0 Å². The van der Waals surface area contributed by atoms with Crippen molar-refractivity contribution in [2.75, 3.05) is 6.54 Å². The monoisotopic (exact) mass is 427 g/mol. The molecular formula is C25H21N3O4.